The highest BCUT2D eigenvalue weighted by Gasteiger charge is 2.24. The van der Waals surface area contributed by atoms with Crippen molar-refractivity contribution in [2.45, 2.75) is 13.5 Å². The molecule has 0 aliphatic carbocycles. The highest BCUT2D eigenvalue weighted by atomic mass is 35.5. The summed E-state index contributed by atoms with van der Waals surface area (Å²) in [6, 6.07) is 12.9. The maximum absolute atomic E-state index is 12.7. The molecule has 6 nitrogen and oxygen atoms in total. The van der Waals surface area contributed by atoms with Crippen LogP contribution >= 0.6 is 23.2 Å². The van der Waals surface area contributed by atoms with Gasteiger partial charge in [0.2, 0.25) is 11.7 Å². The lowest BCUT2D eigenvalue weighted by molar-refractivity contribution is 0.0615. The summed E-state index contributed by atoms with van der Waals surface area (Å²) >= 11 is 12.1. The smallest absolute Gasteiger partial charge is 0.255 e. The lowest BCUT2D eigenvalue weighted by atomic mass is 10.1. The first-order valence-electron chi connectivity index (χ1n) is 9.36. The quantitative estimate of drug-likeness (QED) is 0.616. The van der Waals surface area contributed by atoms with Crippen LogP contribution in [-0.2, 0) is 6.54 Å². The number of halogens is 2. The van der Waals surface area contributed by atoms with Gasteiger partial charge < -0.3 is 9.42 Å². The number of hydrogen-bond acceptors (Lipinski definition) is 5. The van der Waals surface area contributed by atoms with Crippen molar-refractivity contribution in [3.8, 4) is 11.4 Å². The normalized spacial score (nSPS) is 14.9. The van der Waals surface area contributed by atoms with Crippen LogP contribution in [0, 0.1) is 6.92 Å². The monoisotopic (exact) mass is 430 g/mol. The molecule has 1 saturated heterocycles. The van der Waals surface area contributed by atoms with Gasteiger partial charge in [0.15, 0.2) is 0 Å². The Kier molecular flexibility index (Phi) is 5.85. The van der Waals surface area contributed by atoms with E-state index < -0.39 is 0 Å². The SMILES string of the molecule is Cc1cccc(-c2noc(CN3CCN(C(=O)c4ccc(Cl)cc4Cl)CC3)n2)c1. The van der Waals surface area contributed by atoms with Crippen molar-refractivity contribution in [1.29, 1.82) is 0 Å². The van der Waals surface area contributed by atoms with Gasteiger partial charge in [-0.2, -0.15) is 4.98 Å². The van der Waals surface area contributed by atoms with Crippen molar-refractivity contribution < 1.29 is 9.32 Å². The van der Waals surface area contributed by atoms with Crippen LogP contribution < -0.4 is 0 Å². The molecule has 3 aromatic rings. The molecule has 150 valence electrons. The summed E-state index contributed by atoms with van der Waals surface area (Å²) in [5.74, 6) is 1.09. The largest absolute Gasteiger partial charge is 0.338 e. The summed E-state index contributed by atoms with van der Waals surface area (Å²) in [6.45, 7) is 5.25. The fourth-order valence-corrected chi connectivity index (χ4v) is 3.84. The summed E-state index contributed by atoms with van der Waals surface area (Å²) in [5.41, 5.74) is 2.56. The molecular formula is C21H20Cl2N4O2. The number of carbonyl (C=O) groups is 1. The Hall–Kier alpha value is -2.41. The lowest BCUT2D eigenvalue weighted by Crippen LogP contribution is -2.48. The van der Waals surface area contributed by atoms with Gasteiger partial charge in [-0.25, -0.2) is 0 Å². The molecule has 1 amide bonds. The third-order valence-electron chi connectivity index (χ3n) is 4.92. The Bertz CT molecular complexity index is 1030. The van der Waals surface area contributed by atoms with Crippen molar-refractivity contribution in [1.82, 2.24) is 19.9 Å². The van der Waals surface area contributed by atoms with E-state index in [1.165, 1.54) is 0 Å². The van der Waals surface area contributed by atoms with E-state index in [4.69, 9.17) is 27.7 Å². The molecule has 1 fully saturated rings. The zero-order chi connectivity index (χ0) is 20.4. The van der Waals surface area contributed by atoms with E-state index in [0.29, 0.717) is 47.0 Å². The lowest BCUT2D eigenvalue weighted by Gasteiger charge is -2.34. The Labute approximate surface area is 179 Å². The topological polar surface area (TPSA) is 62.5 Å². The minimum atomic E-state index is -0.0779. The minimum absolute atomic E-state index is 0.0779. The summed E-state index contributed by atoms with van der Waals surface area (Å²) in [7, 11) is 0. The fraction of sp³-hybridized carbons (Fsp3) is 0.286. The number of aromatic nitrogens is 2. The molecule has 0 bridgehead atoms. The second kappa shape index (κ2) is 8.53. The predicted molar refractivity (Wildman–Crippen MR) is 112 cm³/mol. The van der Waals surface area contributed by atoms with Crippen LogP contribution in [0.1, 0.15) is 21.8 Å². The molecule has 0 radical (unpaired) electrons. The first-order chi connectivity index (χ1) is 14.0. The second-order valence-electron chi connectivity index (χ2n) is 7.07. The number of benzene rings is 2. The summed E-state index contributed by atoms with van der Waals surface area (Å²) in [6.07, 6.45) is 0. The zero-order valence-corrected chi connectivity index (χ0v) is 17.5. The van der Waals surface area contributed by atoms with Crippen LogP contribution in [0.5, 0.6) is 0 Å². The molecule has 0 spiro atoms. The van der Waals surface area contributed by atoms with Gasteiger partial charge in [-0.05, 0) is 31.2 Å². The third-order valence-corrected chi connectivity index (χ3v) is 5.47. The summed E-state index contributed by atoms with van der Waals surface area (Å²) in [5, 5.41) is 4.98. The molecule has 2 heterocycles. The summed E-state index contributed by atoms with van der Waals surface area (Å²) in [4.78, 5) is 21.2. The van der Waals surface area contributed by atoms with E-state index >= 15 is 0 Å². The molecular weight excluding hydrogens is 411 g/mol. The van der Waals surface area contributed by atoms with Crippen LogP contribution in [0.25, 0.3) is 11.4 Å². The maximum Gasteiger partial charge on any atom is 0.255 e. The van der Waals surface area contributed by atoms with E-state index in [-0.39, 0.29) is 5.91 Å². The zero-order valence-electron chi connectivity index (χ0n) is 15.9. The van der Waals surface area contributed by atoms with Crippen molar-refractivity contribution in [3.63, 3.8) is 0 Å². The molecule has 1 aromatic heterocycles. The van der Waals surface area contributed by atoms with E-state index in [9.17, 15) is 4.79 Å². The number of hydrogen-bond donors (Lipinski definition) is 0. The van der Waals surface area contributed by atoms with Gasteiger partial charge in [-0.15, -0.1) is 0 Å². The van der Waals surface area contributed by atoms with Crippen molar-refractivity contribution in [3.05, 3.63) is 69.5 Å². The van der Waals surface area contributed by atoms with Crippen LogP contribution in [0.2, 0.25) is 10.0 Å². The highest BCUT2D eigenvalue weighted by molar-refractivity contribution is 6.36. The number of nitrogens with zero attached hydrogens (tertiary/aromatic N) is 4. The van der Waals surface area contributed by atoms with Gasteiger partial charge in [-0.1, -0.05) is 52.1 Å². The van der Waals surface area contributed by atoms with Gasteiger partial charge >= 0.3 is 0 Å². The Balaban J connectivity index is 1.35. The number of rotatable bonds is 4. The molecule has 2 aromatic carbocycles. The van der Waals surface area contributed by atoms with Gasteiger partial charge in [0.05, 0.1) is 17.1 Å². The molecule has 1 aliphatic heterocycles. The van der Waals surface area contributed by atoms with Crippen LogP contribution in [-0.4, -0.2) is 52.0 Å². The van der Waals surface area contributed by atoms with Gasteiger partial charge in [0, 0.05) is 36.8 Å². The standard InChI is InChI=1S/C21H20Cl2N4O2/c1-14-3-2-4-15(11-14)20-24-19(29-25-20)13-26-7-9-27(10-8-26)21(28)17-6-5-16(22)12-18(17)23/h2-6,11-12H,7-10,13H2,1H3. The number of aryl methyl sites for hydroxylation is 1. The minimum Gasteiger partial charge on any atom is -0.338 e. The predicted octanol–water partition coefficient (Wildman–Crippen LogP) is 4.31. The van der Waals surface area contributed by atoms with Crippen molar-refractivity contribution in [2.75, 3.05) is 26.2 Å². The van der Waals surface area contributed by atoms with Crippen molar-refractivity contribution in [2.24, 2.45) is 0 Å². The van der Waals surface area contributed by atoms with Gasteiger partial charge in [0.25, 0.3) is 5.91 Å². The van der Waals surface area contributed by atoms with Crippen LogP contribution in [0.15, 0.2) is 47.0 Å². The first-order valence-corrected chi connectivity index (χ1v) is 10.1. The number of piperazine rings is 1. The van der Waals surface area contributed by atoms with E-state index in [2.05, 4.69) is 15.0 Å². The number of carbonyl (C=O) groups excluding carboxylic acids is 1. The third kappa shape index (κ3) is 4.61. The van der Waals surface area contributed by atoms with E-state index in [1.54, 1.807) is 23.1 Å². The molecule has 1 aliphatic rings. The van der Waals surface area contributed by atoms with Crippen molar-refractivity contribution >= 4 is 29.1 Å². The Morgan fingerprint density at radius 1 is 1.10 bits per heavy atom. The Morgan fingerprint density at radius 2 is 1.90 bits per heavy atom. The summed E-state index contributed by atoms with van der Waals surface area (Å²) < 4.78 is 5.42. The molecule has 0 atom stereocenters. The Morgan fingerprint density at radius 3 is 2.62 bits per heavy atom. The fourth-order valence-electron chi connectivity index (χ4n) is 3.35. The average molecular weight is 431 g/mol. The molecule has 0 N–H and O–H groups in total. The molecule has 4 rings (SSSR count). The number of amides is 1. The molecule has 8 heteroatoms. The first kappa shape index (κ1) is 19.9. The van der Waals surface area contributed by atoms with Gasteiger partial charge in [0.1, 0.15) is 0 Å². The molecule has 0 saturated carbocycles. The average Bonchev–Trinajstić information content (AvgIpc) is 3.17. The van der Waals surface area contributed by atoms with Gasteiger partial charge in [-0.3, -0.25) is 9.69 Å². The van der Waals surface area contributed by atoms with E-state index in [1.807, 2.05) is 31.2 Å². The van der Waals surface area contributed by atoms with Crippen LogP contribution in [0.3, 0.4) is 0 Å². The van der Waals surface area contributed by atoms with E-state index in [0.717, 1.165) is 24.2 Å². The second-order valence-corrected chi connectivity index (χ2v) is 7.92. The molecule has 29 heavy (non-hydrogen) atoms. The highest BCUT2D eigenvalue weighted by Crippen LogP contribution is 2.23. The maximum atomic E-state index is 12.7. The van der Waals surface area contributed by atoms with Crippen LogP contribution in [0.4, 0.5) is 0 Å². The molecule has 0 unspecified atom stereocenters.